The molecule has 1 atom stereocenters. The molecule has 0 radical (unpaired) electrons. The number of aromatic nitrogens is 4. The van der Waals surface area contributed by atoms with Gasteiger partial charge in [0.1, 0.15) is 23.1 Å². The lowest BCUT2D eigenvalue weighted by molar-refractivity contribution is -0.135. The smallest absolute Gasteiger partial charge is 0.262 e. The fourth-order valence-corrected chi connectivity index (χ4v) is 5.51. The van der Waals surface area contributed by atoms with Crippen LogP contribution < -0.4 is 16.2 Å². The fourth-order valence-electron chi connectivity index (χ4n) is 5.51. The van der Waals surface area contributed by atoms with Crippen molar-refractivity contribution in [3.63, 3.8) is 0 Å². The first kappa shape index (κ1) is 27.8. The third-order valence-corrected chi connectivity index (χ3v) is 7.83. The number of hydrogen-bond donors (Lipinski definition) is 2. The summed E-state index contributed by atoms with van der Waals surface area (Å²) in [4.78, 5) is 56.3. The molecule has 2 N–H and O–H groups in total. The molecule has 0 aliphatic carbocycles. The first-order chi connectivity index (χ1) is 20.7. The maximum absolute atomic E-state index is 13.9. The number of rotatable bonds is 6. The van der Waals surface area contributed by atoms with Gasteiger partial charge in [0.15, 0.2) is 0 Å². The predicted molar refractivity (Wildman–Crippen MR) is 163 cm³/mol. The molecule has 3 amide bonds. The Labute approximate surface area is 247 Å². The lowest BCUT2D eigenvalue weighted by Crippen LogP contribution is -2.45. The van der Waals surface area contributed by atoms with Gasteiger partial charge >= 0.3 is 0 Å². The summed E-state index contributed by atoms with van der Waals surface area (Å²) < 4.78 is 3.03. The second kappa shape index (κ2) is 11.1. The molecular formula is C33H30N6O4. The largest absolute Gasteiger partial charge is 0.320 e. The molecule has 3 heterocycles. The summed E-state index contributed by atoms with van der Waals surface area (Å²) in [6.45, 7) is 5.70. The molecule has 1 unspecified atom stereocenters. The van der Waals surface area contributed by atoms with Gasteiger partial charge < -0.3 is 5.32 Å². The van der Waals surface area contributed by atoms with Gasteiger partial charge in [-0.1, -0.05) is 55.5 Å². The van der Waals surface area contributed by atoms with Gasteiger partial charge in [-0.25, -0.2) is 9.67 Å². The normalized spacial score (nSPS) is 15.0. The van der Waals surface area contributed by atoms with Crippen LogP contribution in [0.5, 0.6) is 0 Å². The van der Waals surface area contributed by atoms with E-state index < -0.39 is 23.4 Å². The Hall–Kier alpha value is -5.38. The van der Waals surface area contributed by atoms with E-state index in [1.54, 1.807) is 36.0 Å². The van der Waals surface area contributed by atoms with Crippen LogP contribution in [0, 0.1) is 13.8 Å². The van der Waals surface area contributed by atoms with Crippen LogP contribution in [-0.2, 0) is 16.0 Å². The van der Waals surface area contributed by atoms with E-state index in [1.807, 2.05) is 55.5 Å². The minimum Gasteiger partial charge on any atom is -0.320 e. The molecular weight excluding hydrogens is 544 g/mol. The third-order valence-electron chi connectivity index (χ3n) is 7.83. The number of anilines is 1. The van der Waals surface area contributed by atoms with Gasteiger partial charge in [-0.3, -0.25) is 29.1 Å². The quantitative estimate of drug-likeness (QED) is 0.284. The van der Waals surface area contributed by atoms with Gasteiger partial charge in [0.05, 0.1) is 22.3 Å². The number of imide groups is 1. The molecule has 0 saturated carbocycles. The summed E-state index contributed by atoms with van der Waals surface area (Å²) in [5.41, 5.74) is 4.96. The summed E-state index contributed by atoms with van der Waals surface area (Å²) in [6, 6.07) is 19.9. The molecule has 10 heteroatoms. The summed E-state index contributed by atoms with van der Waals surface area (Å²) in [6.07, 6.45) is 2.95. The van der Waals surface area contributed by atoms with Crippen molar-refractivity contribution >= 4 is 34.3 Å². The van der Waals surface area contributed by atoms with Gasteiger partial charge in [-0.15, -0.1) is 0 Å². The minimum absolute atomic E-state index is 0.135. The van der Waals surface area contributed by atoms with E-state index in [9.17, 15) is 19.2 Å². The number of nitrogens with zero attached hydrogens (tertiary/aromatic N) is 4. The van der Waals surface area contributed by atoms with E-state index in [0.717, 1.165) is 23.2 Å². The average molecular weight is 575 g/mol. The zero-order valence-corrected chi connectivity index (χ0v) is 24.0. The highest BCUT2D eigenvalue weighted by Crippen LogP contribution is 2.28. The van der Waals surface area contributed by atoms with E-state index >= 15 is 0 Å². The lowest BCUT2D eigenvalue weighted by Gasteiger charge is -2.24. The molecule has 3 aromatic carbocycles. The van der Waals surface area contributed by atoms with Crippen LogP contribution in [0.2, 0.25) is 0 Å². The molecule has 1 aliphatic rings. The molecule has 6 rings (SSSR count). The second-order valence-corrected chi connectivity index (χ2v) is 10.6. The molecule has 2 aromatic heterocycles. The Morgan fingerprint density at radius 3 is 2.49 bits per heavy atom. The van der Waals surface area contributed by atoms with Crippen LogP contribution in [0.1, 0.15) is 53.1 Å². The Kier molecular flexibility index (Phi) is 7.19. The number of hydrogen-bond acceptors (Lipinski definition) is 6. The zero-order chi connectivity index (χ0) is 30.2. The molecule has 10 nitrogen and oxygen atoms in total. The maximum atomic E-state index is 13.9. The maximum Gasteiger partial charge on any atom is 0.262 e. The molecule has 5 aromatic rings. The molecule has 1 aliphatic heterocycles. The van der Waals surface area contributed by atoms with Crippen molar-refractivity contribution in [2.24, 2.45) is 0 Å². The van der Waals surface area contributed by atoms with Crippen molar-refractivity contribution in [1.82, 2.24) is 24.6 Å². The summed E-state index contributed by atoms with van der Waals surface area (Å²) in [5.74, 6) is -0.997. The Bertz CT molecular complexity index is 1970. The van der Waals surface area contributed by atoms with E-state index in [0.29, 0.717) is 28.3 Å². The molecule has 216 valence electrons. The van der Waals surface area contributed by atoms with E-state index in [-0.39, 0.29) is 24.1 Å². The van der Waals surface area contributed by atoms with Crippen LogP contribution in [0.3, 0.4) is 0 Å². The van der Waals surface area contributed by atoms with E-state index in [1.165, 1.54) is 10.1 Å². The van der Waals surface area contributed by atoms with Crippen LogP contribution in [0.4, 0.5) is 5.69 Å². The van der Waals surface area contributed by atoms with Crippen molar-refractivity contribution in [1.29, 1.82) is 0 Å². The number of para-hydroxylation sites is 2. The third kappa shape index (κ3) is 5.12. The average Bonchev–Trinajstić information content (AvgIpc) is 3.44. The van der Waals surface area contributed by atoms with Gasteiger partial charge in [0.25, 0.3) is 11.5 Å². The highest BCUT2D eigenvalue weighted by Gasteiger charge is 2.31. The Morgan fingerprint density at radius 1 is 1.00 bits per heavy atom. The van der Waals surface area contributed by atoms with Crippen molar-refractivity contribution in [3.05, 3.63) is 106 Å². The number of aryl methyl sites for hydroxylation is 3. The minimum atomic E-state index is -0.839. The number of piperidine rings is 1. The first-order valence-electron chi connectivity index (χ1n) is 14.2. The van der Waals surface area contributed by atoms with E-state index in [2.05, 4.69) is 22.5 Å². The lowest BCUT2D eigenvalue weighted by atomic mass is 10.0. The molecule has 1 fully saturated rings. The van der Waals surface area contributed by atoms with Crippen LogP contribution in [0.15, 0.2) is 77.7 Å². The number of carbonyl (C=O) groups excluding carboxylic acids is 3. The Morgan fingerprint density at radius 2 is 1.77 bits per heavy atom. The molecule has 43 heavy (non-hydrogen) atoms. The number of fused-ring (bicyclic) bond motifs is 1. The van der Waals surface area contributed by atoms with Gasteiger partial charge in [0.2, 0.25) is 11.8 Å². The van der Waals surface area contributed by atoms with Gasteiger partial charge in [-0.05, 0) is 56.0 Å². The number of amides is 3. The van der Waals surface area contributed by atoms with Crippen molar-refractivity contribution in [2.75, 3.05) is 5.32 Å². The molecule has 0 spiro atoms. The number of carbonyl (C=O) groups is 3. The van der Waals surface area contributed by atoms with Crippen LogP contribution in [-0.4, -0.2) is 37.1 Å². The fraction of sp³-hybridized carbons (Fsp3) is 0.212. The van der Waals surface area contributed by atoms with Gasteiger partial charge in [-0.2, -0.15) is 5.10 Å². The zero-order valence-electron chi connectivity index (χ0n) is 24.0. The summed E-state index contributed by atoms with van der Waals surface area (Å²) in [5, 5.41) is 10.3. The van der Waals surface area contributed by atoms with Crippen molar-refractivity contribution in [2.45, 2.75) is 46.1 Å². The summed E-state index contributed by atoms with van der Waals surface area (Å²) >= 11 is 0. The Balaban J connectivity index is 1.41. The topological polar surface area (TPSA) is 128 Å². The second-order valence-electron chi connectivity index (χ2n) is 10.6. The van der Waals surface area contributed by atoms with Crippen molar-refractivity contribution < 1.29 is 14.4 Å². The first-order valence-corrected chi connectivity index (χ1v) is 14.2. The van der Waals surface area contributed by atoms with Gasteiger partial charge in [0, 0.05) is 18.2 Å². The number of nitrogens with one attached hydrogen (secondary N) is 2. The highest BCUT2D eigenvalue weighted by molar-refractivity contribution is 6.11. The number of benzene rings is 3. The monoisotopic (exact) mass is 574 g/mol. The summed E-state index contributed by atoms with van der Waals surface area (Å²) in [7, 11) is 0. The predicted octanol–water partition coefficient (Wildman–Crippen LogP) is 4.66. The van der Waals surface area contributed by atoms with Crippen LogP contribution in [0.25, 0.3) is 27.8 Å². The molecule has 1 saturated heterocycles. The standard InChI is InChI=1S/C33H30N6O4/c1-4-21-12-14-22(15-13-21)29-24(18-38(37-29)26-11-6-5-8-19(26)2)31(41)35-25-10-7-9-23-30(25)34-20(3)39(33(23)43)27-16-17-28(40)36-32(27)42/h5-15,18,27H,4,16-17H2,1-3H3,(H,35,41)(H,36,40,42). The molecule has 0 bridgehead atoms. The van der Waals surface area contributed by atoms with Crippen molar-refractivity contribution in [3.8, 4) is 16.9 Å². The van der Waals surface area contributed by atoms with Crippen LogP contribution >= 0.6 is 0 Å². The SMILES string of the molecule is CCc1ccc(-c2nn(-c3ccccc3C)cc2C(=O)Nc2cccc3c(=O)n(C4CCC(=O)NC4=O)c(C)nc23)cc1. The van der Waals surface area contributed by atoms with E-state index in [4.69, 9.17) is 5.10 Å². The highest BCUT2D eigenvalue weighted by atomic mass is 16.2.